The number of nitrogens with zero attached hydrogens (tertiary/aromatic N) is 3. The standard InChI is InChI=1S/C13H16FN5/c14-10-3-1-9(2-4-10)7-12-16-13(18-17-12)19-6-5-11(15)8-19/h1-4,11H,5-8,15H2,(H,16,17,18). The number of aromatic nitrogens is 3. The number of nitrogens with two attached hydrogens (primary N) is 1. The minimum atomic E-state index is -0.229. The molecule has 1 unspecified atom stereocenters. The maximum absolute atomic E-state index is 12.8. The fourth-order valence-electron chi connectivity index (χ4n) is 2.27. The highest BCUT2D eigenvalue weighted by molar-refractivity contribution is 5.32. The second-order valence-electron chi connectivity index (χ2n) is 4.88. The lowest BCUT2D eigenvalue weighted by Gasteiger charge is -2.11. The summed E-state index contributed by atoms with van der Waals surface area (Å²) in [6.07, 6.45) is 1.59. The van der Waals surface area contributed by atoms with E-state index in [1.54, 1.807) is 12.1 Å². The Morgan fingerprint density at radius 1 is 1.37 bits per heavy atom. The molecule has 0 aliphatic carbocycles. The van der Waals surface area contributed by atoms with Gasteiger partial charge in [-0.1, -0.05) is 12.1 Å². The molecule has 1 aliphatic heterocycles. The van der Waals surface area contributed by atoms with Crippen LogP contribution in [0.3, 0.4) is 0 Å². The van der Waals surface area contributed by atoms with Gasteiger partial charge in [0.15, 0.2) is 0 Å². The van der Waals surface area contributed by atoms with Crippen molar-refractivity contribution in [2.24, 2.45) is 5.73 Å². The lowest BCUT2D eigenvalue weighted by atomic mass is 10.1. The molecule has 100 valence electrons. The normalized spacial score (nSPS) is 19.1. The van der Waals surface area contributed by atoms with Crippen molar-refractivity contribution in [2.75, 3.05) is 18.0 Å². The molecule has 1 saturated heterocycles. The molecule has 0 bridgehead atoms. The van der Waals surface area contributed by atoms with Gasteiger partial charge in [0.1, 0.15) is 11.6 Å². The molecule has 2 heterocycles. The Morgan fingerprint density at radius 3 is 2.84 bits per heavy atom. The molecule has 0 spiro atoms. The van der Waals surface area contributed by atoms with Crippen LogP contribution in [-0.4, -0.2) is 34.3 Å². The summed E-state index contributed by atoms with van der Waals surface area (Å²) < 4.78 is 12.8. The van der Waals surface area contributed by atoms with Crippen molar-refractivity contribution in [3.63, 3.8) is 0 Å². The molecule has 5 nitrogen and oxygen atoms in total. The zero-order valence-electron chi connectivity index (χ0n) is 10.5. The number of nitrogens with one attached hydrogen (secondary N) is 1. The van der Waals surface area contributed by atoms with Crippen LogP contribution in [0, 0.1) is 5.82 Å². The van der Waals surface area contributed by atoms with Crippen LogP contribution in [0.2, 0.25) is 0 Å². The summed E-state index contributed by atoms with van der Waals surface area (Å²) in [6, 6.07) is 6.61. The van der Waals surface area contributed by atoms with Gasteiger partial charge in [-0.2, -0.15) is 4.98 Å². The number of rotatable bonds is 3. The zero-order chi connectivity index (χ0) is 13.2. The molecule has 1 aromatic carbocycles. The summed E-state index contributed by atoms with van der Waals surface area (Å²) in [6.45, 7) is 1.70. The molecule has 0 saturated carbocycles. The molecule has 1 fully saturated rings. The first kappa shape index (κ1) is 12.1. The Labute approximate surface area is 110 Å². The summed E-state index contributed by atoms with van der Waals surface area (Å²) in [5, 5.41) is 7.13. The second-order valence-corrected chi connectivity index (χ2v) is 4.88. The first-order valence-electron chi connectivity index (χ1n) is 6.37. The van der Waals surface area contributed by atoms with Gasteiger partial charge in [-0.05, 0) is 24.1 Å². The fourth-order valence-corrected chi connectivity index (χ4v) is 2.27. The van der Waals surface area contributed by atoms with E-state index in [1.807, 2.05) is 0 Å². The molecule has 1 aliphatic rings. The predicted molar refractivity (Wildman–Crippen MR) is 70.4 cm³/mol. The third-order valence-corrected chi connectivity index (χ3v) is 3.31. The van der Waals surface area contributed by atoms with Crippen molar-refractivity contribution in [3.05, 3.63) is 41.5 Å². The van der Waals surface area contributed by atoms with Crippen molar-refractivity contribution in [2.45, 2.75) is 18.9 Å². The number of H-pyrrole nitrogens is 1. The van der Waals surface area contributed by atoms with Gasteiger partial charge in [0.25, 0.3) is 0 Å². The monoisotopic (exact) mass is 261 g/mol. The largest absolute Gasteiger partial charge is 0.338 e. The maximum Gasteiger partial charge on any atom is 0.244 e. The maximum atomic E-state index is 12.8. The molecule has 0 radical (unpaired) electrons. The number of anilines is 1. The van der Waals surface area contributed by atoms with Crippen LogP contribution in [0.15, 0.2) is 24.3 Å². The van der Waals surface area contributed by atoms with E-state index < -0.39 is 0 Å². The highest BCUT2D eigenvalue weighted by Crippen LogP contribution is 2.16. The summed E-state index contributed by atoms with van der Waals surface area (Å²) in [5.41, 5.74) is 6.87. The highest BCUT2D eigenvalue weighted by atomic mass is 19.1. The van der Waals surface area contributed by atoms with E-state index in [2.05, 4.69) is 20.1 Å². The smallest absolute Gasteiger partial charge is 0.244 e. The Bertz CT molecular complexity index is 550. The number of benzene rings is 1. The Hall–Kier alpha value is -1.95. The average Bonchev–Trinajstić information content (AvgIpc) is 3.01. The van der Waals surface area contributed by atoms with Gasteiger partial charge in [0.2, 0.25) is 5.95 Å². The van der Waals surface area contributed by atoms with Crippen LogP contribution in [0.4, 0.5) is 10.3 Å². The second kappa shape index (κ2) is 4.97. The average molecular weight is 261 g/mol. The predicted octanol–water partition coefficient (Wildman–Crippen LogP) is 1.07. The van der Waals surface area contributed by atoms with E-state index >= 15 is 0 Å². The lowest BCUT2D eigenvalue weighted by Crippen LogP contribution is -2.27. The molecule has 1 atom stereocenters. The van der Waals surface area contributed by atoms with Crippen LogP contribution in [0.25, 0.3) is 0 Å². The van der Waals surface area contributed by atoms with Crippen molar-refractivity contribution < 1.29 is 4.39 Å². The number of hydrogen-bond donors (Lipinski definition) is 2. The summed E-state index contributed by atoms with van der Waals surface area (Å²) >= 11 is 0. The lowest BCUT2D eigenvalue weighted by molar-refractivity contribution is 0.627. The molecule has 1 aromatic heterocycles. The van der Waals surface area contributed by atoms with Crippen LogP contribution >= 0.6 is 0 Å². The van der Waals surface area contributed by atoms with E-state index in [1.165, 1.54) is 12.1 Å². The Kier molecular flexibility index (Phi) is 3.16. The molecule has 2 aromatic rings. The van der Waals surface area contributed by atoms with E-state index in [4.69, 9.17) is 5.73 Å². The molecular formula is C13H16FN5. The van der Waals surface area contributed by atoms with Crippen molar-refractivity contribution in [1.29, 1.82) is 0 Å². The van der Waals surface area contributed by atoms with Crippen molar-refractivity contribution in [3.8, 4) is 0 Å². The third-order valence-electron chi connectivity index (χ3n) is 3.31. The summed E-state index contributed by atoms with van der Waals surface area (Å²) in [7, 11) is 0. The Morgan fingerprint density at radius 2 is 2.16 bits per heavy atom. The molecule has 3 N–H and O–H groups in total. The topological polar surface area (TPSA) is 70.8 Å². The van der Waals surface area contributed by atoms with Gasteiger partial charge in [-0.25, -0.2) is 4.39 Å². The summed E-state index contributed by atoms with van der Waals surface area (Å²) in [5.74, 6) is 1.25. The SMILES string of the molecule is NC1CCN(c2n[nH]c(Cc3ccc(F)cc3)n2)C1. The molecule has 19 heavy (non-hydrogen) atoms. The van der Waals surface area contributed by atoms with E-state index in [0.717, 1.165) is 30.9 Å². The molecule has 0 amide bonds. The van der Waals surface area contributed by atoms with Crippen LogP contribution < -0.4 is 10.6 Å². The van der Waals surface area contributed by atoms with Crippen molar-refractivity contribution >= 4 is 5.95 Å². The van der Waals surface area contributed by atoms with Gasteiger partial charge >= 0.3 is 0 Å². The quantitative estimate of drug-likeness (QED) is 0.867. The minimum Gasteiger partial charge on any atom is -0.338 e. The van der Waals surface area contributed by atoms with Crippen LogP contribution in [0.1, 0.15) is 17.8 Å². The third kappa shape index (κ3) is 2.73. The first-order valence-corrected chi connectivity index (χ1v) is 6.37. The molecular weight excluding hydrogens is 245 g/mol. The van der Waals surface area contributed by atoms with E-state index in [0.29, 0.717) is 12.4 Å². The van der Waals surface area contributed by atoms with Gasteiger partial charge in [0, 0.05) is 25.6 Å². The van der Waals surface area contributed by atoms with E-state index in [9.17, 15) is 4.39 Å². The zero-order valence-corrected chi connectivity index (χ0v) is 10.5. The van der Waals surface area contributed by atoms with Gasteiger partial charge < -0.3 is 10.6 Å². The summed E-state index contributed by atoms with van der Waals surface area (Å²) in [4.78, 5) is 6.53. The highest BCUT2D eigenvalue weighted by Gasteiger charge is 2.22. The fraction of sp³-hybridized carbons (Fsp3) is 0.385. The van der Waals surface area contributed by atoms with Gasteiger partial charge in [-0.3, -0.25) is 5.10 Å². The first-order chi connectivity index (χ1) is 9.20. The minimum absolute atomic E-state index is 0.207. The number of halogens is 1. The molecule has 6 heteroatoms. The number of aromatic amines is 1. The van der Waals surface area contributed by atoms with Crippen LogP contribution in [-0.2, 0) is 6.42 Å². The van der Waals surface area contributed by atoms with Crippen LogP contribution in [0.5, 0.6) is 0 Å². The molecule has 3 rings (SSSR count). The van der Waals surface area contributed by atoms with E-state index in [-0.39, 0.29) is 11.9 Å². The van der Waals surface area contributed by atoms with Gasteiger partial charge in [0.05, 0.1) is 0 Å². The van der Waals surface area contributed by atoms with Crippen molar-refractivity contribution in [1.82, 2.24) is 15.2 Å². The Balaban J connectivity index is 1.69. The number of hydrogen-bond acceptors (Lipinski definition) is 4. The van der Waals surface area contributed by atoms with Gasteiger partial charge in [-0.15, -0.1) is 5.10 Å².